The van der Waals surface area contributed by atoms with Crippen molar-refractivity contribution in [3.63, 3.8) is 0 Å². The first-order chi connectivity index (χ1) is 18.7. The summed E-state index contributed by atoms with van der Waals surface area (Å²) in [5, 5.41) is 9.78. The number of nitrogens with two attached hydrogens (primary N) is 1. The lowest BCUT2D eigenvalue weighted by Gasteiger charge is -2.32. The molecule has 11 nitrogen and oxygen atoms in total. The lowest BCUT2D eigenvalue weighted by molar-refractivity contribution is -0.155. The van der Waals surface area contributed by atoms with Crippen molar-refractivity contribution >= 4 is 24.2 Å². The zero-order valence-corrected chi connectivity index (χ0v) is 24.8. The van der Waals surface area contributed by atoms with Gasteiger partial charge in [0.05, 0.1) is 5.92 Å². The van der Waals surface area contributed by atoms with Crippen LogP contribution in [-0.4, -0.2) is 53.7 Å². The van der Waals surface area contributed by atoms with E-state index in [1.54, 1.807) is 34.6 Å². The van der Waals surface area contributed by atoms with Crippen LogP contribution in [0.15, 0.2) is 18.2 Å². The molecule has 0 heterocycles. The molecule has 0 amide bonds. The van der Waals surface area contributed by atoms with Crippen molar-refractivity contribution in [3.05, 3.63) is 23.8 Å². The second-order valence-corrected chi connectivity index (χ2v) is 10.2. The number of benzene rings is 1. The van der Waals surface area contributed by atoms with Gasteiger partial charge in [0.1, 0.15) is 24.4 Å². The molecule has 0 aromatic heterocycles. The summed E-state index contributed by atoms with van der Waals surface area (Å²) in [5.74, 6) is -3.74. The summed E-state index contributed by atoms with van der Waals surface area (Å²) in [6.07, 6.45) is -0.999. The molecule has 1 aromatic rings. The van der Waals surface area contributed by atoms with E-state index in [0.717, 1.165) is 6.42 Å². The Labute approximate surface area is 236 Å². The zero-order valence-electron chi connectivity index (χ0n) is 24.8. The van der Waals surface area contributed by atoms with Crippen molar-refractivity contribution in [1.82, 2.24) is 0 Å². The lowest BCUT2D eigenvalue weighted by Crippen LogP contribution is -2.43. The maximum absolute atomic E-state index is 12.5. The minimum atomic E-state index is -1.40. The molecule has 226 valence electrons. The fraction of sp³-hybridized carbons (Fsp3) is 0.655. The highest BCUT2D eigenvalue weighted by Crippen LogP contribution is 2.37. The Morgan fingerprint density at radius 2 is 1.35 bits per heavy atom. The van der Waals surface area contributed by atoms with E-state index in [2.05, 4.69) is 0 Å². The van der Waals surface area contributed by atoms with Gasteiger partial charge in [-0.05, 0) is 57.7 Å². The predicted octanol–water partition coefficient (Wildman–Crippen LogP) is 5.81. The van der Waals surface area contributed by atoms with E-state index < -0.39 is 54.5 Å². The van der Waals surface area contributed by atoms with Crippen LogP contribution >= 0.6 is 0 Å². The number of hydrogen-bond donors (Lipinski definition) is 2. The number of rotatable bonds is 15. The van der Waals surface area contributed by atoms with Gasteiger partial charge in [-0.25, -0.2) is 9.59 Å². The van der Waals surface area contributed by atoms with E-state index in [9.17, 15) is 24.3 Å². The topological polar surface area (TPSA) is 161 Å². The quantitative estimate of drug-likeness (QED) is 0.149. The van der Waals surface area contributed by atoms with Gasteiger partial charge in [0.2, 0.25) is 0 Å². The summed E-state index contributed by atoms with van der Waals surface area (Å²) in [7, 11) is 0. The smallest absolute Gasteiger partial charge is 0.480 e. The van der Waals surface area contributed by atoms with E-state index in [0.29, 0.717) is 24.8 Å². The van der Waals surface area contributed by atoms with Gasteiger partial charge in [0, 0.05) is 11.8 Å². The van der Waals surface area contributed by atoms with Crippen molar-refractivity contribution in [1.29, 1.82) is 0 Å². The first-order valence-corrected chi connectivity index (χ1v) is 13.8. The number of esters is 1. The molecule has 1 rings (SSSR count). The van der Waals surface area contributed by atoms with Crippen LogP contribution in [0.4, 0.5) is 9.59 Å². The van der Waals surface area contributed by atoms with Gasteiger partial charge in [-0.15, -0.1) is 0 Å². The fourth-order valence-corrected chi connectivity index (χ4v) is 3.86. The Bertz CT molecular complexity index is 997. The minimum Gasteiger partial charge on any atom is -0.480 e. The van der Waals surface area contributed by atoms with Gasteiger partial charge in [-0.3, -0.25) is 9.59 Å². The van der Waals surface area contributed by atoms with E-state index in [1.165, 1.54) is 18.2 Å². The van der Waals surface area contributed by atoms with Crippen LogP contribution in [-0.2, 0) is 23.8 Å². The highest BCUT2D eigenvalue weighted by molar-refractivity contribution is 5.75. The van der Waals surface area contributed by atoms with E-state index >= 15 is 0 Å². The number of aliphatic carboxylic acids is 1. The van der Waals surface area contributed by atoms with E-state index in [1.807, 2.05) is 20.8 Å². The summed E-state index contributed by atoms with van der Waals surface area (Å²) in [4.78, 5) is 49.3. The highest BCUT2D eigenvalue weighted by Gasteiger charge is 2.36. The second-order valence-electron chi connectivity index (χ2n) is 10.2. The molecule has 0 spiro atoms. The van der Waals surface area contributed by atoms with Crippen LogP contribution in [0.25, 0.3) is 0 Å². The number of ether oxygens (including phenoxy) is 5. The standard InChI is InChI=1S/C29H45NO10/c1-9-12-16(4)27(33)38-20(8)19(7)24(25(30)26(31)32)21-13-14-22(39-28(34)36-17(5)10-2)23(15-21)40-29(35)37-18(6)11-3/h13-20,24-25H,9-12,30H2,1-8H3,(H,31,32)/t16?,17?,18?,19?,20?,24?,25-/m0/s1. The molecule has 11 heteroatoms. The molecule has 3 N–H and O–H groups in total. The molecule has 6 unspecified atom stereocenters. The maximum Gasteiger partial charge on any atom is 0.514 e. The largest absolute Gasteiger partial charge is 0.514 e. The van der Waals surface area contributed by atoms with Gasteiger partial charge in [0.15, 0.2) is 11.5 Å². The molecule has 7 atom stereocenters. The summed E-state index contributed by atoms with van der Waals surface area (Å²) in [6, 6.07) is 2.83. The first kappa shape index (κ1) is 34.7. The summed E-state index contributed by atoms with van der Waals surface area (Å²) in [6.45, 7) is 14.2. The molecule has 0 bridgehead atoms. The van der Waals surface area contributed by atoms with Gasteiger partial charge in [0.25, 0.3) is 0 Å². The predicted molar refractivity (Wildman–Crippen MR) is 147 cm³/mol. The maximum atomic E-state index is 12.5. The molecule has 1 aromatic carbocycles. The third-order valence-electron chi connectivity index (χ3n) is 6.89. The Hall–Kier alpha value is -3.34. The summed E-state index contributed by atoms with van der Waals surface area (Å²) >= 11 is 0. The molecule has 0 radical (unpaired) electrons. The second kappa shape index (κ2) is 16.7. The molecule has 0 saturated carbocycles. The van der Waals surface area contributed by atoms with Crippen molar-refractivity contribution in [2.45, 2.75) is 111 Å². The Kier molecular flexibility index (Phi) is 14.5. The third-order valence-corrected chi connectivity index (χ3v) is 6.89. The zero-order chi connectivity index (χ0) is 30.6. The van der Waals surface area contributed by atoms with E-state index in [4.69, 9.17) is 29.4 Å². The van der Waals surface area contributed by atoms with Gasteiger partial charge in [-0.1, -0.05) is 47.1 Å². The van der Waals surface area contributed by atoms with Crippen LogP contribution < -0.4 is 15.2 Å². The third kappa shape index (κ3) is 10.7. The average Bonchev–Trinajstić information content (AvgIpc) is 2.89. The van der Waals surface area contributed by atoms with Crippen molar-refractivity contribution in [2.75, 3.05) is 0 Å². The Balaban J connectivity index is 3.45. The average molecular weight is 568 g/mol. The molecular formula is C29H45NO10. The molecule has 0 aliphatic carbocycles. The first-order valence-electron chi connectivity index (χ1n) is 13.8. The van der Waals surface area contributed by atoms with Gasteiger partial charge < -0.3 is 34.5 Å². The van der Waals surface area contributed by atoms with Crippen LogP contribution in [0.3, 0.4) is 0 Å². The normalized spacial score (nSPS) is 16.3. The SMILES string of the molecule is CCCC(C)C(=O)OC(C)C(C)C(c1ccc(OC(=O)OC(C)CC)c(OC(=O)OC(C)CC)c1)[C@H](N)C(=O)O. The number of carboxylic acid groups (broad SMARTS) is 1. The molecule has 0 saturated heterocycles. The van der Waals surface area contributed by atoms with Crippen molar-refractivity contribution in [2.24, 2.45) is 17.6 Å². The van der Waals surface area contributed by atoms with Crippen LogP contribution in [0.1, 0.15) is 92.6 Å². The highest BCUT2D eigenvalue weighted by atomic mass is 16.7. The molecule has 0 aliphatic rings. The summed E-state index contributed by atoms with van der Waals surface area (Å²) < 4.78 is 26.7. The monoisotopic (exact) mass is 567 g/mol. The molecule has 40 heavy (non-hydrogen) atoms. The number of carbonyl (C=O) groups excluding carboxylic acids is 3. The number of carbonyl (C=O) groups is 4. The van der Waals surface area contributed by atoms with Gasteiger partial charge in [-0.2, -0.15) is 0 Å². The Morgan fingerprint density at radius 1 is 0.825 bits per heavy atom. The lowest BCUT2D eigenvalue weighted by atomic mass is 9.79. The van der Waals surface area contributed by atoms with Gasteiger partial charge >= 0.3 is 24.2 Å². The van der Waals surface area contributed by atoms with Crippen LogP contribution in [0, 0.1) is 11.8 Å². The number of carboxylic acids is 1. The van der Waals surface area contributed by atoms with Crippen molar-refractivity contribution in [3.8, 4) is 11.5 Å². The minimum absolute atomic E-state index is 0.138. The Morgan fingerprint density at radius 3 is 1.82 bits per heavy atom. The molecule has 0 aliphatic heterocycles. The number of hydrogen-bond acceptors (Lipinski definition) is 10. The van der Waals surface area contributed by atoms with Crippen LogP contribution in [0.2, 0.25) is 0 Å². The van der Waals surface area contributed by atoms with E-state index in [-0.39, 0.29) is 23.4 Å². The van der Waals surface area contributed by atoms with Crippen LogP contribution in [0.5, 0.6) is 11.5 Å². The molecular weight excluding hydrogens is 522 g/mol. The molecule has 0 fully saturated rings. The summed E-state index contributed by atoms with van der Waals surface area (Å²) in [5.41, 5.74) is 6.48. The van der Waals surface area contributed by atoms with Crippen molar-refractivity contribution < 1.29 is 48.0 Å². The fourth-order valence-electron chi connectivity index (χ4n) is 3.86.